The fraction of sp³-hybridized carbons (Fsp3) is 0.143. The maximum atomic E-state index is 12.8. The van der Waals surface area contributed by atoms with E-state index in [9.17, 15) is 9.59 Å². The van der Waals surface area contributed by atoms with Crippen LogP contribution in [0.4, 0.5) is 0 Å². The molecule has 1 aromatic heterocycles. The number of nitrogens with one attached hydrogen (secondary N) is 1. The quantitative estimate of drug-likeness (QED) is 0.712. The van der Waals surface area contributed by atoms with E-state index in [0.717, 1.165) is 16.6 Å². The van der Waals surface area contributed by atoms with Gasteiger partial charge in [-0.1, -0.05) is 42.0 Å². The Morgan fingerprint density at radius 1 is 1.22 bits per heavy atom. The second-order valence-electron chi connectivity index (χ2n) is 6.15. The maximum absolute atomic E-state index is 12.8. The zero-order chi connectivity index (χ0) is 19.4. The molecular formula is C21H19ClN2O3. The average Bonchev–Trinajstić information content (AvgIpc) is 2.68. The molecule has 2 aromatic carbocycles. The Morgan fingerprint density at radius 2 is 1.96 bits per heavy atom. The lowest BCUT2D eigenvalue weighted by atomic mass is 10.1. The average molecular weight is 383 g/mol. The van der Waals surface area contributed by atoms with E-state index in [1.807, 2.05) is 24.3 Å². The van der Waals surface area contributed by atoms with Gasteiger partial charge in [-0.2, -0.15) is 0 Å². The maximum Gasteiger partial charge on any atom is 0.257 e. The summed E-state index contributed by atoms with van der Waals surface area (Å²) in [7, 11) is 1.79. The van der Waals surface area contributed by atoms with Crippen molar-refractivity contribution in [3.8, 4) is 0 Å². The van der Waals surface area contributed by atoms with Crippen molar-refractivity contribution in [1.82, 2.24) is 9.88 Å². The lowest BCUT2D eigenvalue weighted by Gasteiger charge is -2.10. The van der Waals surface area contributed by atoms with Crippen molar-refractivity contribution in [2.45, 2.75) is 6.54 Å². The number of nitrogens with zero attached hydrogens (tertiary/aromatic N) is 1. The number of amides is 1. The van der Waals surface area contributed by atoms with Gasteiger partial charge in [0.15, 0.2) is 0 Å². The molecule has 0 saturated carbocycles. The predicted octanol–water partition coefficient (Wildman–Crippen LogP) is 3.13. The van der Waals surface area contributed by atoms with E-state index in [4.69, 9.17) is 16.7 Å². The number of benzene rings is 2. The lowest BCUT2D eigenvalue weighted by Crippen LogP contribution is -2.29. The first-order valence-electron chi connectivity index (χ1n) is 8.43. The second-order valence-corrected chi connectivity index (χ2v) is 6.59. The summed E-state index contributed by atoms with van der Waals surface area (Å²) in [6.45, 7) is 0.222. The van der Waals surface area contributed by atoms with Crippen LogP contribution in [0.15, 0.2) is 59.5 Å². The first-order chi connectivity index (χ1) is 13.0. The Balaban J connectivity index is 1.92. The van der Waals surface area contributed by atoms with Gasteiger partial charge >= 0.3 is 0 Å². The monoisotopic (exact) mass is 382 g/mol. The van der Waals surface area contributed by atoms with Gasteiger partial charge in [0.25, 0.3) is 5.91 Å². The Kier molecular flexibility index (Phi) is 5.74. The van der Waals surface area contributed by atoms with Gasteiger partial charge in [0.05, 0.1) is 12.1 Å². The van der Waals surface area contributed by atoms with Crippen molar-refractivity contribution in [1.29, 1.82) is 0 Å². The van der Waals surface area contributed by atoms with E-state index in [0.29, 0.717) is 17.0 Å². The van der Waals surface area contributed by atoms with Gasteiger partial charge in [-0.05, 0) is 35.4 Å². The number of aryl methyl sites for hydroxylation is 1. The van der Waals surface area contributed by atoms with Gasteiger partial charge in [-0.15, -0.1) is 0 Å². The van der Waals surface area contributed by atoms with Crippen molar-refractivity contribution < 1.29 is 9.90 Å². The number of pyridine rings is 1. The number of aromatic nitrogens is 1. The molecule has 0 aliphatic rings. The molecular weight excluding hydrogens is 364 g/mol. The molecule has 0 atom stereocenters. The van der Waals surface area contributed by atoms with Gasteiger partial charge < -0.3 is 15.0 Å². The Bertz CT molecular complexity index is 1070. The number of carbonyl (C=O) groups excluding carboxylic acids is 1. The van der Waals surface area contributed by atoms with Crippen LogP contribution in [-0.2, 0) is 13.6 Å². The molecule has 3 rings (SSSR count). The van der Waals surface area contributed by atoms with E-state index in [1.54, 1.807) is 48.2 Å². The summed E-state index contributed by atoms with van der Waals surface area (Å²) >= 11 is 5.86. The first kappa shape index (κ1) is 18.9. The summed E-state index contributed by atoms with van der Waals surface area (Å²) in [6.07, 6.45) is 4.87. The van der Waals surface area contributed by atoms with Crippen LogP contribution in [0.1, 0.15) is 21.5 Å². The molecule has 2 N–H and O–H groups in total. The molecule has 5 nitrogen and oxygen atoms in total. The van der Waals surface area contributed by atoms with Gasteiger partial charge in [-0.3, -0.25) is 9.59 Å². The highest BCUT2D eigenvalue weighted by Gasteiger charge is 2.14. The molecule has 0 aliphatic heterocycles. The van der Waals surface area contributed by atoms with Crippen molar-refractivity contribution in [2.24, 2.45) is 7.05 Å². The van der Waals surface area contributed by atoms with Crippen LogP contribution in [0, 0.1) is 0 Å². The summed E-state index contributed by atoms with van der Waals surface area (Å²) in [4.78, 5) is 25.4. The Labute approximate surface area is 161 Å². The number of aliphatic hydroxyl groups is 1. The summed E-state index contributed by atoms with van der Waals surface area (Å²) in [5.74, 6) is -0.427. The molecule has 0 spiro atoms. The van der Waals surface area contributed by atoms with Gasteiger partial charge in [-0.25, -0.2) is 0 Å². The zero-order valence-corrected chi connectivity index (χ0v) is 15.5. The van der Waals surface area contributed by atoms with Crippen molar-refractivity contribution in [3.63, 3.8) is 0 Å². The Hall–Kier alpha value is -2.89. The number of rotatable bonds is 5. The highest BCUT2D eigenvalue weighted by atomic mass is 35.5. The summed E-state index contributed by atoms with van der Waals surface area (Å²) in [6, 6.07) is 12.5. The fourth-order valence-corrected chi connectivity index (χ4v) is 2.97. The van der Waals surface area contributed by atoms with Crippen LogP contribution >= 0.6 is 11.6 Å². The van der Waals surface area contributed by atoms with E-state index < -0.39 is 5.91 Å². The van der Waals surface area contributed by atoms with E-state index in [-0.39, 0.29) is 17.6 Å². The SMILES string of the molecule is Cn1cc(C(=O)NCc2ccc(Cl)cc2)c(=O)c2cc(/C=C/CO)ccc21. The standard InChI is InChI=1S/C21H19ClN2O3/c1-24-13-18(21(27)23-12-15-4-7-16(22)8-5-15)20(26)17-11-14(3-2-10-25)6-9-19(17)24/h2-9,11,13,25H,10,12H2,1H3,(H,23,27)/b3-2+. The van der Waals surface area contributed by atoms with Crippen LogP contribution < -0.4 is 10.7 Å². The van der Waals surface area contributed by atoms with Gasteiger partial charge in [0, 0.05) is 30.2 Å². The molecule has 0 radical (unpaired) electrons. The smallest absolute Gasteiger partial charge is 0.257 e. The van der Waals surface area contributed by atoms with Crippen LogP contribution in [0.5, 0.6) is 0 Å². The van der Waals surface area contributed by atoms with Crippen LogP contribution in [0.2, 0.25) is 5.02 Å². The molecule has 27 heavy (non-hydrogen) atoms. The van der Waals surface area contributed by atoms with Gasteiger partial charge in [0.1, 0.15) is 5.56 Å². The number of aliphatic hydroxyl groups excluding tert-OH is 1. The van der Waals surface area contributed by atoms with E-state index in [2.05, 4.69) is 5.32 Å². The molecule has 3 aromatic rings. The normalized spacial score (nSPS) is 11.2. The molecule has 0 fully saturated rings. The molecule has 1 amide bonds. The number of halogens is 1. The molecule has 0 bridgehead atoms. The summed E-state index contributed by atoms with van der Waals surface area (Å²) < 4.78 is 1.76. The second kappa shape index (κ2) is 8.20. The first-order valence-corrected chi connectivity index (χ1v) is 8.81. The van der Waals surface area contributed by atoms with Crippen LogP contribution in [0.25, 0.3) is 17.0 Å². The highest BCUT2D eigenvalue weighted by Crippen LogP contribution is 2.15. The van der Waals surface area contributed by atoms with Crippen LogP contribution in [-0.4, -0.2) is 22.2 Å². The molecule has 0 unspecified atom stereocenters. The van der Waals surface area contributed by atoms with E-state index >= 15 is 0 Å². The molecule has 138 valence electrons. The predicted molar refractivity (Wildman–Crippen MR) is 108 cm³/mol. The molecule has 0 aliphatic carbocycles. The van der Waals surface area contributed by atoms with Crippen molar-refractivity contribution in [3.05, 3.63) is 86.7 Å². The Morgan fingerprint density at radius 3 is 2.67 bits per heavy atom. The minimum atomic E-state index is -0.427. The third kappa shape index (κ3) is 4.27. The fourth-order valence-electron chi connectivity index (χ4n) is 2.84. The molecule has 1 heterocycles. The van der Waals surface area contributed by atoms with Gasteiger partial charge in [0.2, 0.25) is 5.43 Å². The number of carbonyl (C=O) groups is 1. The number of fused-ring (bicyclic) bond motifs is 1. The summed E-state index contributed by atoms with van der Waals surface area (Å²) in [5.41, 5.74) is 2.17. The highest BCUT2D eigenvalue weighted by molar-refractivity contribution is 6.30. The van der Waals surface area contributed by atoms with Crippen molar-refractivity contribution >= 4 is 34.5 Å². The topological polar surface area (TPSA) is 71.3 Å². The number of hydrogen-bond acceptors (Lipinski definition) is 3. The minimum Gasteiger partial charge on any atom is -0.392 e. The lowest BCUT2D eigenvalue weighted by molar-refractivity contribution is 0.0949. The zero-order valence-electron chi connectivity index (χ0n) is 14.8. The summed E-state index contributed by atoms with van der Waals surface area (Å²) in [5, 5.41) is 12.8. The number of hydrogen-bond donors (Lipinski definition) is 2. The third-order valence-corrected chi connectivity index (χ3v) is 4.49. The molecule has 6 heteroatoms. The third-order valence-electron chi connectivity index (χ3n) is 4.24. The van der Waals surface area contributed by atoms with Crippen molar-refractivity contribution in [2.75, 3.05) is 6.61 Å². The largest absolute Gasteiger partial charge is 0.392 e. The van der Waals surface area contributed by atoms with Crippen LogP contribution in [0.3, 0.4) is 0 Å². The molecule has 0 saturated heterocycles. The minimum absolute atomic E-state index is 0.0802. The van der Waals surface area contributed by atoms with E-state index in [1.165, 1.54) is 0 Å².